The van der Waals surface area contributed by atoms with E-state index in [1.165, 1.54) is 43.9 Å². The van der Waals surface area contributed by atoms with Crippen LogP contribution in [-0.4, -0.2) is 30.4 Å². The van der Waals surface area contributed by atoms with Gasteiger partial charge < -0.3 is 16.0 Å². The summed E-state index contributed by atoms with van der Waals surface area (Å²) in [5.41, 5.74) is 6.40. The summed E-state index contributed by atoms with van der Waals surface area (Å²) in [6, 6.07) is 4.00. The molecule has 0 aliphatic carbocycles. The van der Waals surface area contributed by atoms with Gasteiger partial charge in [0.05, 0.1) is 11.4 Å². The van der Waals surface area contributed by atoms with Crippen molar-refractivity contribution in [3.05, 3.63) is 24.0 Å². The molecule has 5 heteroatoms. The van der Waals surface area contributed by atoms with Crippen LogP contribution in [0.1, 0.15) is 32.1 Å². The van der Waals surface area contributed by atoms with Gasteiger partial charge >= 0.3 is 0 Å². The zero-order chi connectivity index (χ0) is 14.4. The summed E-state index contributed by atoms with van der Waals surface area (Å²) in [5.74, 6) is -0.474. The van der Waals surface area contributed by atoms with E-state index < -0.39 is 5.82 Å². The summed E-state index contributed by atoms with van der Waals surface area (Å²) in [6.45, 7) is 2.92. The second-order valence-electron chi connectivity index (χ2n) is 5.29. The van der Waals surface area contributed by atoms with Crippen molar-refractivity contribution in [3.8, 4) is 0 Å². The fourth-order valence-electron chi connectivity index (χ4n) is 2.48. The van der Waals surface area contributed by atoms with Gasteiger partial charge in [-0.1, -0.05) is 12.8 Å². The Morgan fingerprint density at radius 1 is 1.25 bits per heavy atom. The van der Waals surface area contributed by atoms with Gasteiger partial charge in [-0.25, -0.2) is 4.39 Å². The number of nitrogens with two attached hydrogens (primary N) is 1. The lowest BCUT2D eigenvalue weighted by Gasteiger charge is -2.19. The number of hydrogen-bond donors (Lipinski definition) is 2. The van der Waals surface area contributed by atoms with E-state index in [4.69, 9.17) is 5.73 Å². The lowest BCUT2D eigenvalue weighted by molar-refractivity contribution is -0.116. The zero-order valence-corrected chi connectivity index (χ0v) is 11.7. The largest absolute Gasteiger partial charge is 0.397 e. The van der Waals surface area contributed by atoms with Crippen LogP contribution in [0.4, 0.5) is 15.8 Å². The van der Waals surface area contributed by atoms with Gasteiger partial charge in [0.2, 0.25) is 5.91 Å². The number of nitrogen functional groups attached to an aromatic ring is 1. The lowest BCUT2D eigenvalue weighted by atomic mass is 10.2. The molecule has 0 spiro atoms. The third-order valence-corrected chi connectivity index (χ3v) is 3.64. The van der Waals surface area contributed by atoms with Crippen molar-refractivity contribution in [1.29, 1.82) is 0 Å². The molecule has 0 bridgehead atoms. The van der Waals surface area contributed by atoms with E-state index in [1.54, 1.807) is 0 Å². The molecule has 1 saturated heterocycles. The first kappa shape index (κ1) is 14.8. The lowest BCUT2D eigenvalue weighted by Crippen LogP contribution is -2.28. The number of carbonyl (C=O) groups excluding carboxylic acids is 1. The predicted octanol–water partition coefficient (Wildman–Crippen LogP) is 2.61. The highest BCUT2D eigenvalue weighted by atomic mass is 19.1. The van der Waals surface area contributed by atoms with E-state index in [0.29, 0.717) is 12.1 Å². The Hall–Kier alpha value is -1.62. The average Bonchev–Trinajstić information content (AvgIpc) is 2.68. The second-order valence-corrected chi connectivity index (χ2v) is 5.29. The molecule has 20 heavy (non-hydrogen) atoms. The van der Waals surface area contributed by atoms with Gasteiger partial charge in [0, 0.05) is 13.0 Å². The van der Waals surface area contributed by atoms with Gasteiger partial charge in [-0.05, 0) is 44.1 Å². The highest BCUT2D eigenvalue weighted by Gasteiger charge is 2.11. The van der Waals surface area contributed by atoms with Gasteiger partial charge in [0.25, 0.3) is 0 Å². The monoisotopic (exact) mass is 279 g/mol. The first-order valence-corrected chi connectivity index (χ1v) is 7.22. The number of halogens is 1. The molecule has 110 valence electrons. The molecule has 3 N–H and O–H groups in total. The maximum absolute atomic E-state index is 12.9. The molecule has 1 fully saturated rings. The quantitative estimate of drug-likeness (QED) is 0.833. The van der Waals surface area contributed by atoms with Crippen molar-refractivity contribution >= 4 is 17.3 Å². The van der Waals surface area contributed by atoms with Crippen LogP contribution < -0.4 is 11.1 Å². The Morgan fingerprint density at radius 2 is 1.95 bits per heavy atom. The first-order chi connectivity index (χ1) is 9.65. The summed E-state index contributed by atoms with van der Waals surface area (Å²) in [7, 11) is 0. The molecule has 1 amide bonds. The maximum Gasteiger partial charge on any atom is 0.225 e. The number of amides is 1. The molecule has 1 aromatic rings. The van der Waals surface area contributed by atoms with Crippen molar-refractivity contribution in [2.24, 2.45) is 0 Å². The molecule has 2 rings (SSSR count). The van der Waals surface area contributed by atoms with Gasteiger partial charge in [0.15, 0.2) is 0 Å². The molecule has 1 aromatic carbocycles. The zero-order valence-electron chi connectivity index (χ0n) is 11.7. The van der Waals surface area contributed by atoms with Gasteiger partial charge in [-0.2, -0.15) is 0 Å². The number of nitrogens with one attached hydrogen (secondary N) is 1. The molecule has 0 atom stereocenters. The molecule has 0 unspecified atom stereocenters. The summed E-state index contributed by atoms with van der Waals surface area (Å²) in [4.78, 5) is 14.2. The van der Waals surface area contributed by atoms with Crippen LogP contribution in [0.2, 0.25) is 0 Å². The highest BCUT2D eigenvalue weighted by Crippen LogP contribution is 2.19. The third-order valence-electron chi connectivity index (χ3n) is 3.64. The van der Waals surface area contributed by atoms with Crippen LogP contribution in [0.5, 0.6) is 0 Å². The predicted molar refractivity (Wildman–Crippen MR) is 79.0 cm³/mol. The minimum absolute atomic E-state index is 0.0763. The van der Waals surface area contributed by atoms with Gasteiger partial charge in [-0.3, -0.25) is 4.79 Å². The molecule has 1 heterocycles. The fraction of sp³-hybridized carbons (Fsp3) is 0.533. The highest BCUT2D eigenvalue weighted by molar-refractivity contribution is 5.93. The minimum Gasteiger partial charge on any atom is -0.397 e. The number of carbonyl (C=O) groups is 1. The Bertz CT molecular complexity index is 456. The van der Waals surface area contributed by atoms with Crippen molar-refractivity contribution < 1.29 is 9.18 Å². The van der Waals surface area contributed by atoms with Crippen molar-refractivity contribution in [1.82, 2.24) is 4.90 Å². The molecular formula is C15H22FN3O. The fourth-order valence-corrected chi connectivity index (χ4v) is 2.48. The molecule has 0 radical (unpaired) electrons. The third kappa shape index (κ3) is 4.49. The number of hydrogen-bond acceptors (Lipinski definition) is 3. The average molecular weight is 279 g/mol. The van der Waals surface area contributed by atoms with Crippen molar-refractivity contribution in [2.45, 2.75) is 32.1 Å². The number of likely N-dealkylation sites (tertiary alicyclic amines) is 1. The molecule has 1 aliphatic heterocycles. The van der Waals surface area contributed by atoms with E-state index in [0.717, 1.165) is 19.6 Å². The van der Waals surface area contributed by atoms with E-state index in [1.807, 2.05) is 0 Å². The summed E-state index contributed by atoms with van der Waals surface area (Å²) >= 11 is 0. The standard InChI is InChI=1S/C15H22FN3O/c16-12-5-6-14(13(17)11-12)18-15(20)7-10-19-8-3-1-2-4-9-19/h5-6,11H,1-4,7-10,17H2,(H,18,20). The normalized spacial score (nSPS) is 16.6. The van der Waals surface area contributed by atoms with Crippen LogP contribution in [0, 0.1) is 5.82 Å². The van der Waals surface area contributed by atoms with Gasteiger partial charge in [0.1, 0.15) is 5.82 Å². The summed E-state index contributed by atoms with van der Waals surface area (Å²) in [5, 5.41) is 2.74. The molecule has 1 aliphatic rings. The molecule has 0 saturated carbocycles. The summed E-state index contributed by atoms with van der Waals surface area (Å²) < 4.78 is 12.9. The van der Waals surface area contributed by atoms with Crippen LogP contribution in [0.3, 0.4) is 0 Å². The molecule has 0 aromatic heterocycles. The van der Waals surface area contributed by atoms with Crippen LogP contribution in [0.15, 0.2) is 18.2 Å². The Morgan fingerprint density at radius 3 is 2.60 bits per heavy atom. The van der Waals surface area contributed by atoms with Crippen LogP contribution in [0.25, 0.3) is 0 Å². The minimum atomic E-state index is -0.398. The number of anilines is 2. The summed E-state index contributed by atoms with van der Waals surface area (Å²) in [6.07, 6.45) is 5.44. The Balaban J connectivity index is 1.79. The Labute approximate surface area is 119 Å². The van der Waals surface area contributed by atoms with E-state index in [9.17, 15) is 9.18 Å². The van der Waals surface area contributed by atoms with E-state index in [2.05, 4.69) is 10.2 Å². The first-order valence-electron chi connectivity index (χ1n) is 7.22. The van der Waals surface area contributed by atoms with Gasteiger partial charge in [-0.15, -0.1) is 0 Å². The van der Waals surface area contributed by atoms with E-state index in [-0.39, 0.29) is 11.6 Å². The number of rotatable bonds is 4. The van der Waals surface area contributed by atoms with Crippen LogP contribution >= 0.6 is 0 Å². The number of benzene rings is 1. The SMILES string of the molecule is Nc1cc(F)ccc1NC(=O)CCN1CCCCCC1. The van der Waals surface area contributed by atoms with Crippen LogP contribution in [-0.2, 0) is 4.79 Å². The number of nitrogens with zero attached hydrogens (tertiary/aromatic N) is 1. The Kier molecular flexibility index (Phi) is 5.35. The van der Waals surface area contributed by atoms with E-state index >= 15 is 0 Å². The topological polar surface area (TPSA) is 58.4 Å². The maximum atomic E-state index is 12.9. The van der Waals surface area contributed by atoms with Crippen molar-refractivity contribution in [2.75, 3.05) is 30.7 Å². The smallest absolute Gasteiger partial charge is 0.225 e. The molecule has 4 nitrogen and oxygen atoms in total. The van der Waals surface area contributed by atoms with Crippen molar-refractivity contribution in [3.63, 3.8) is 0 Å². The molecular weight excluding hydrogens is 257 g/mol. The second kappa shape index (κ2) is 7.24.